The zero-order valence-corrected chi connectivity index (χ0v) is 17.7. The maximum Gasteiger partial charge on any atom is 0.340 e. The van der Waals surface area contributed by atoms with Crippen LogP contribution in [0.5, 0.6) is 0 Å². The van der Waals surface area contributed by atoms with E-state index in [4.69, 9.17) is 9.47 Å². The number of hydrogen-bond acceptors (Lipinski definition) is 7. The Kier molecular flexibility index (Phi) is 6.45. The molecule has 0 radical (unpaired) electrons. The number of hydrogen-bond donors (Lipinski definition) is 0. The predicted octanol–water partition coefficient (Wildman–Crippen LogP) is 1.01. The summed E-state index contributed by atoms with van der Waals surface area (Å²) in [6.07, 6.45) is 1.91. The Morgan fingerprint density at radius 1 is 1.23 bits per heavy atom. The van der Waals surface area contributed by atoms with Gasteiger partial charge in [-0.15, -0.1) is 0 Å². The van der Waals surface area contributed by atoms with Crippen LogP contribution in [0.15, 0.2) is 30.5 Å². The lowest BCUT2D eigenvalue weighted by atomic mass is 10.2. The number of para-hydroxylation sites is 1. The normalized spacial score (nSPS) is 17.6. The molecule has 1 atom stereocenters. The van der Waals surface area contributed by atoms with Gasteiger partial charge in [0, 0.05) is 29.7 Å². The maximum atomic E-state index is 12.5. The highest BCUT2D eigenvalue weighted by Crippen LogP contribution is 2.22. The molecule has 1 aliphatic heterocycles. The number of rotatable bonds is 7. The first-order chi connectivity index (χ1) is 14.3. The molecule has 0 spiro atoms. The molecule has 10 heteroatoms. The van der Waals surface area contributed by atoms with Gasteiger partial charge >= 0.3 is 11.9 Å². The van der Waals surface area contributed by atoms with Crippen molar-refractivity contribution >= 4 is 38.6 Å². The van der Waals surface area contributed by atoms with Crippen LogP contribution in [0.3, 0.4) is 0 Å². The number of methoxy groups -OCH3 is 1. The van der Waals surface area contributed by atoms with Crippen LogP contribution in [0, 0.1) is 0 Å². The van der Waals surface area contributed by atoms with Gasteiger partial charge in [0.2, 0.25) is 0 Å². The van der Waals surface area contributed by atoms with Gasteiger partial charge in [-0.3, -0.25) is 9.59 Å². The molecule has 0 N–H and O–H groups in total. The zero-order chi connectivity index (χ0) is 21.9. The van der Waals surface area contributed by atoms with E-state index < -0.39 is 34.3 Å². The number of ether oxygens (including phenoxy) is 2. The van der Waals surface area contributed by atoms with Crippen molar-refractivity contribution in [3.63, 3.8) is 0 Å². The minimum atomic E-state index is -3.13. The fraction of sp³-hybridized carbons (Fsp3) is 0.450. The van der Waals surface area contributed by atoms with Gasteiger partial charge in [0.1, 0.15) is 6.54 Å². The number of esters is 2. The number of aromatic nitrogens is 1. The second-order valence-corrected chi connectivity index (χ2v) is 9.31. The standard InChI is InChI=1S/C20H24N2O7S/c1-3-22(14-8-9-30(26,27)13-14)18(23)12-29-19(24)11-21-10-16(20(25)28-2)15-6-4-5-7-17(15)21/h4-7,10,14H,3,8-9,11-13H2,1-2H3. The van der Waals surface area contributed by atoms with E-state index in [2.05, 4.69) is 0 Å². The van der Waals surface area contributed by atoms with E-state index in [0.717, 1.165) is 0 Å². The second kappa shape index (κ2) is 8.86. The lowest BCUT2D eigenvalue weighted by Crippen LogP contribution is -2.43. The van der Waals surface area contributed by atoms with Crippen LogP contribution >= 0.6 is 0 Å². The van der Waals surface area contributed by atoms with Crippen molar-refractivity contribution in [3.05, 3.63) is 36.0 Å². The van der Waals surface area contributed by atoms with Gasteiger partial charge in [-0.2, -0.15) is 0 Å². The van der Waals surface area contributed by atoms with Crippen molar-refractivity contribution in [2.24, 2.45) is 0 Å². The first-order valence-electron chi connectivity index (χ1n) is 9.57. The molecule has 1 saturated heterocycles. The smallest absolute Gasteiger partial charge is 0.340 e. The average Bonchev–Trinajstić information content (AvgIpc) is 3.26. The highest BCUT2D eigenvalue weighted by molar-refractivity contribution is 7.91. The van der Waals surface area contributed by atoms with E-state index in [1.54, 1.807) is 35.8 Å². The number of benzene rings is 1. The number of sulfone groups is 1. The van der Waals surface area contributed by atoms with Crippen molar-refractivity contribution in [1.29, 1.82) is 0 Å². The fourth-order valence-electron chi connectivity index (χ4n) is 3.72. The van der Waals surface area contributed by atoms with Gasteiger partial charge in [-0.1, -0.05) is 18.2 Å². The number of carbonyl (C=O) groups excluding carboxylic acids is 3. The topological polar surface area (TPSA) is 112 Å². The molecule has 30 heavy (non-hydrogen) atoms. The highest BCUT2D eigenvalue weighted by Gasteiger charge is 2.34. The molecule has 1 aromatic carbocycles. The minimum absolute atomic E-state index is 0.0600. The van der Waals surface area contributed by atoms with E-state index in [-0.39, 0.29) is 24.1 Å². The SMILES string of the molecule is CCN(C(=O)COC(=O)Cn1cc(C(=O)OC)c2ccccc21)C1CCS(=O)(=O)C1. The summed E-state index contributed by atoms with van der Waals surface area (Å²) in [6.45, 7) is 1.44. The van der Waals surface area contributed by atoms with E-state index in [0.29, 0.717) is 29.4 Å². The van der Waals surface area contributed by atoms with Crippen LogP contribution in [0.1, 0.15) is 23.7 Å². The third kappa shape index (κ3) is 4.64. The minimum Gasteiger partial charge on any atom is -0.465 e. The molecular weight excluding hydrogens is 412 g/mol. The largest absolute Gasteiger partial charge is 0.465 e. The molecule has 0 aliphatic carbocycles. The summed E-state index contributed by atoms with van der Waals surface area (Å²) in [5, 5.41) is 0.646. The van der Waals surface area contributed by atoms with Crippen LogP contribution < -0.4 is 0 Å². The molecule has 3 rings (SSSR count). The van der Waals surface area contributed by atoms with Crippen LogP contribution in [-0.2, 0) is 35.4 Å². The molecule has 2 heterocycles. The molecule has 1 amide bonds. The molecule has 1 fully saturated rings. The Labute approximate surface area is 174 Å². The second-order valence-electron chi connectivity index (χ2n) is 7.08. The van der Waals surface area contributed by atoms with Gasteiger partial charge in [0.25, 0.3) is 5.91 Å². The summed E-state index contributed by atoms with van der Waals surface area (Å²) >= 11 is 0. The number of carbonyl (C=O) groups is 3. The Hall–Kier alpha value is -2.88. The van der Waals surface area contributed by atoms with Crippen molar-refractivity contribution in [2.75, 3.05) is 31.8 Å². The summed E-state index contributed by atoms with van der Waals surface area (Å²) in [7, 11) is -1.85. The van der Waals surface area contributed by atoms with Gasteiger partial charge in [-0.05, 0) is 19.4 Å². The molecule has 0 saturated carbocycles. The lowest BCUT2D eigenvalue weighted by molar-refractivity contribution is -0.153. The summed E-state index contributed by atoms with van der Waals surface area (Å²) in [5.41, 5.74) is 0.990. The highest BCUT2D eigenvalue weighted by atomic mass is 32.2. The Morgan fingerprint density at radius 3 is 2.60 bits per heavy atom. The molecule has 1 aromatic heterocycles. The van der Waals surface area contributed by atoms with Crippen LogP contribution in [0.2, 0.25) is 0 Å². The third-order valence-corrected chi connectivity index (χ3v) is 6.91. The average molecular weight is 436 g/mol. The predicted molar refractivity (Wildman–Crippen MR) is 109 cm³/mol. The van der Waals surface area contributed by atoms with Gasteiger partial charge in [0.05, 0.1) is 24.2 Å². The van der Waals surface area contributed by atoms with Crippen molar-refractivity contribution in [2.45, 2.75) is 25.9 Å². The van der Waals surface area contributed by atoms with E-state index in [1.165, 1.54) is 18.2 Å². The van der Waals surface area contributed by atoms with Gasteiger partial charge < -0.3 is 18.9 Å². The number of nitrogens with zero attached hydrogens (tertiary/aromatic N) is 2. The lowest BCUT2D eigenvalue weighted by Gasteiger charge is -2.26. The molecule has 2 aromatic rings. The summed E-state index contributed by atoms with van der Waals surface area (Å²) in [4.78, 5) is 38.2. The molecule has 162 valence electrons. The van der Waals surface area contributed by atoms with Crippen molar-refractivity contribution in [1.82, 2.24) is 9.47 Å². The molecule has 0 bridgehead atoms. The fourth-order valence-corrected chi connectivity index (χ4v) is 5.45. The quantitative estimate of drug-likeness (QED) is 0.595. The van der Waals surface area contributed by atoms with Crippen molar-refractivity contribution < 1.29 is 32.3 Å². The Bertz CT molecular complexity index is 1070. The third-order valence-electron chi connectivity index (χ3n) is 5.16. The van der Waals surface area contributed by atoms with Crippen LogP contribution in [0.4, 0.5) is 0 Å². The number of likely N-dealkylation sites (N-methyl/N-ethyl adjacent to an activating group) is 1. The zero-order valence-electron chi connectivity index (χ0n) is 16.9. The molecule has 9 nitrogen and oxygen atoms in total. The molecular formula is C20H24N2O7S. The first kappa shape index (κ1) is 21.8. The monoisotopic (exact) mass is 436 g/mol. The van der Waals surface area contributed by atoms with Crippen LogP contribution in [0.25, 0.3) is 10.9 Å². The number of amides is 1. The number of fused-ring (bicyclic) bond motifs is 1. The molecule has 1 unspecified atom stereocenters. The van der Waals surface area contributed by atoms with E-state index >= 15 is 0 Å². The summed E-state index contributed by atoms with van der Waals surface area (Å²) in [6, 6.07) is 6.69. The maximum absolute atomic E-state index is 12.5. The summed E-state index contributed by atoms with van der Waals surface area (Å²) < 4.78 is 34.8. The van der Waals surface area contributed by atoms with Gasteiger partial charge in [-0.25, -0.2) is 13.2 Å². The Morgan fingerprint density at radius 2 is 1.97 bits per heavy atom. The van der Waals surface area contributed by atoms with Crippen LogP contribution in [-0.4, -0.2) is 73.5 Å². The van der Waals surface area contributed by atoms with E-state index in [1.807, 2.05) is 0 Å². The first-order valence-corrected chi connectivity index (χ1v) is 11.4. The molecule has 1 aliphatic rings. The van der Waals surface area contributed by atoms with Crippen molar-refractivity contribution in [3.8, 4) is 0 Å². The Balaban J connectivity index is 1.65. The summed E-state index contributed by atoms with van der Waals surface area (Å²) in [5.74, 6) is -1.59. The van der Waals surface area contributed by atoms with Gasteiger partial charge in [0.15, 0.2) is 16.4 Å². The van der Waals surface area contributed by atoms with E-state index in [9.17, 15) is 22.8 Å².